The molecule has 0 unspecified atom stereocenters. The molecule has 0 aliphatic rings. The third-order valence-corrected chi connectivity index (χ3v) is 9.20. The molecule has 160 valence electrons. The fraction of sp³-hybridized carbons (Fsp3) is 0.0357. The summed E-state index contributed by atoms with van der Waals surface area (Å²) in [5.41, 5.74) is 0.721. The zero-order valence-corrected chi connectivity index (χ0v) is 19.3. The molecule has 0 saturated heterocycles. The molecule has 32 heavy (non-hydrogen) atoms. The first-order valence-corrected chi connectivity index (χ1v) is 12.2. The highest BCUT2D eigenvalue weighted by Gasteiger charge is 2.43. The van der Waals surface area contributed by atoms with E-state index in [1.54, 1.807) is 0 Å². The minimum atomic E-state index is -2.04. The molecule has 4 rings (SSSR count). The van der Waals surface area contributed by atoms with Crippen LogP contribution in [0, 0.1) is 0 Å². The van der Waals surface area contributed by atoms with Crippen LogP contribution in [0.3, 0.4) is 0 Å². The van der Waals surface area contributed by atoms with E-state index in [-0.39, 0.29) is 24.7 Å². The van der Waals surface area contributed by atoms with Crippen LogP contribution in [-0.2, 0) is 0 Å². The van der Waals surface area contributed by atoms with Gasteiger partial charge in [-0.15, -0.1) is 0 Å². The Morgan fingerprint density at radius 1 is 0.625 bits per heavy atom. The number of hydrogen-bond acceptors (Lipinski definition) is 2. The predicted octanol–water partition coefficient (Wildman–Crippen LogP) is 1.93. The molecule has 4 aromatic carbocycles. The minimum absolute atomic E-state index is 0. The maximum Gasteiger partial charge on any atom is 0.181 e. The van der Waals surface area contributed by atoms with Crippen molar-refractivity contribution in [1.82, 2.24) is 5.32 Å². The van der Waals surface area contributed by atoms with Crippen molar-refractivity contribution in [3.63, 3.8) is 0 Å². The molecule has 4 heteroatoms. The zero-order chi connectivity index (χ0) is 21.4. The molecule has 0 aliphatic heterocycles. The van der Waals surface area contributed by atoms with Crippen LogP contribution >= 0.6 is 7.26 Å². The summed E-state index contributed by atoms with van der Waals surface area (Å²) in [5.74, 6) is 2.35. The van der Waals surface area contributed by atoms with Crippen LogP contribution in [0.2, 0.25) is 0 Å². The largest absolute Gasteiger partial charge is 1.00 e. The Morgan fingerprint density at radius 2 is 1.00 bits per heavy atom. The van der Waals surface area contributed by atoms with Gasteiger partial charge in [-0.25, -0.2) is 0 Å². The van der Waals surface area contributed by atoms with E-state index in [0.717, 1.165) is 5.56 Å². The lowest BCUT2D eigenvalue weighted by molar-refractivity contribution is -0.0000136. The Hall–Kier alpha value is -3.19. The number of carbonyl (C=O) groups is 1. The van der Waals surface area contributed by atoms with E-state index in [4.69, 9.17) is 0 Å². The third kappa shape index (κ3) is 5.16. The van der Waals surface area contributed by atoms with Gasteiger partial charge in [0.05, 0.1) is 12.4 Å². The Kier molecular flexibility index (Phi) is 8.39. The van der Waals surface area contributed by atoms with Crippen LogP contribution in [0.5, 0.6) is 0 Å². The van der Waals surface area contributed by atoms with Gasteiger partial charge >= 0.3 is 0 Å². The maximum atomic E-state index is 12.5. The van der Waals surface area contributed by atoms with Crippen LogP contribution in [0.1, 0.15) is 10.4 Å². The maximum absolute atomic E-state index is 12.5. The van der Waals surface area contributed by atoms with Crippen LogP contribution in [0.4, 0.5) is 0 Å². The summed E-state index contributed by atoms with van der Waals surface area (Å²) in [6.45, 7) is 0.263. The lowest BCUT2D eigenvalue weighted by Gasteiger charge is -2.24. The fourth-order valence-corrected chi connectivity index (χ4v) is 7.40. The topological polar surface area (TPSA) is 29.1 Å². The molecule has 0 heterocycles. The summed E-state index contributed by atoms with van der Waals surface area (Å²) >= 11 is 0. The van der Waals surface area contributed by atoms with Crippen LogP contribution in [0.15, 0.2) is 133 Å². The molecular weight excluding hydrogens is 433 g/mol. The van der Waals surface area contributed by atoms with E-state index in [1.807, 2.05) is 36.5 Å². The van der Waals surface area contributed by atoms with Gasteiger partial charge in [0.25, 0.3) is 0 Å². The highest BCUT2D eigenvalue weighted by Crippen LogP contribution is 2.56. The van der Waals surface area contributed by atoms with Gasteiger partial charge in [0, 0.05) is 11.8 Å². The quantitative estimate of drug-likeness (QED) is 0.323. The summed E-state index contributed by atoms with van der Waals surface area (Å²) in [7, 11) is -2.04. The standard InChI is InChI=1S/C28H25NOP.ClH/c30-28(24-13-5-1-6-14-24)23-29-21-22-31(25-15-7-2-8-16-25,26-17-9-3-10-18-26)27-19-11-4-12-20-27;/h1-22,29H,23H2;1H/q+1;/p-1. The summed E-state index contributed by atoms with van der Waals surface area (Å²) in [4.78, 5) is 12.5. The Morgan fingerprint density at radius 3 is 1.41 bits per heavy atom. The van der Waals surface area contributed by atoms with Crippen molar-refractivity contribution in [3.05, 3.63) is 139 Å². The first kappa shape index (κ1) is 23.5. The van der Waals surface area contributed by atoms with Gasteiger partial charge in [-0.1, -0.05) is 84.9 Å². The smallest absolute Gasteiger partial charge is 0.181 e. The van der Waals surface area contributed by atoms with Crippen molar-refractivity contribution in [2.75, 3.05) is 6.54 Å². The van der Waals surface area contributed by atoms with Gasteiger partial charge in [-0.2, -0.15) is 0 Å². The predicted molar refractivity (Wildman–Crippen MR) is 133 cm³/mol. The number of benzene rings is 4. The Labute approximate surface area is 196 Å². The van der Waals surface area contributed by atoms with Crippen LogP contribution < -0.4 is 33.6 Å². The van der Waals surface area contributed by atoms with E-state index in [0.29, 0.717) is 0 Å². The number of ketones is 1. The lowest BCUT2D eigenvalue weighted by atomic mass is 10.1. The number of hydrogen-bond donors (Lipinski definition) is 1. The molecule has 2 nitrogen and oxygen atoms in total. The van der Waals surface area contributed by atoms with E-state index in [2.05, 4.69) is 102 Å². The van der Waals surface area contributed by atoms with Gasteiger partial charge in [0.1, 0.15) is 23.2 Å². The van der Waals surface area contributed by atoms with Crippen LogP contribution in [0.25, 0.3) is 0 Å². The molecule has 0 amide bonds. The second kappa shape index (κ2) is 11.4. The van der Waals surface area contributed by atoms with Gasteiger partial charge in [0.15, 0.2) is 5.78 Å². The van der Waals surface area contributed by atoms with Gasteiger partial charge in [-0.05, 0) is 36.4 Å². The van der Waals surface area contributed by atoms with Crippen molar-refractivity contribution >= 4 is 29.0 Å². The molecular formula is C28H25ClNOP. The van der Waals surface area contributed by atoms with Crippen LogP contribution in [-0.4, -0.2) is 12.3 Å². The molecule has 0 bridgehead atoms. The number of halogens is 1. The first-order chi connectivity index (χ1) is 15.3. The molecule has 0 fully saturated rings. The molecule has 0 atom stereocenters. The monoisotopic (exact) mass is 457 g/mol. The highest BCUT2D eigenvalue weighted by atomic mass is 35.5. The molecule has 1 N–H and O–H groups in total. The molecule has 0 aromatic heterocycles. The minimum Gasteiger partial charge on any atom is -1.00 e. The molecule has 0 radical (unpaired) electrons. The van der Waals surface area contributed by atoms with Crippen molar-refractivity contribution in [1.29, 1.82) is 0 Å². The lowest BCUT2D eigenvalue weighted by Crippen LogP contribution is -3.00. The molecule has 0 aliphatic carbocycles. The van der Waals surface area contributed by atoms with E-state index < -0.39 is 7.26 Å². The van der Waals surface area contributed by atoms with Crippen molar-refractivity contribution in [2.24, 2.45) is 0 Å². The summed E-state index contributed by atoms with van der Waals surface area (Å²) in [6, 6.07) is 41.3. The molecule has 0 saturated carbocycles. The molecule has 0 spiro atoms. The Bertz CT molecular complexity index is 1040. The SMILES string of the molecule is O=C(CNC=C[P+](c1ccccc1)(c1ccccc1)c1ccccc1)c1ccccc1.[Cl-]. The van der Waals surface area contributed by atoms with E-state index in [9.17, 15) is 4.79 Å². The summed E-state index contributed by atoms with van der Waals surface area (Å²) in [5, 5.41) is 7.08. The van der Waals surface area contributed by atoms with Crippen molar-refractivity contribution < 1.29 is 17.2 Å². The normalized spacial score (nSPS) is 11.0. The van der Waals surface area contributed by atoms with Gasteiger partial charge < -0.3 is 17.7 Å². The second-order valence-electron chi connectivity index (χ2n) is 7.22. The number of nitrogens with one attached hydrogen (secondary N) is 1. The Balaban J connectivity index is 0.00000289. The van der Waals surface area contributed by atoms with Gasteiger partial charge in [-0.3, -0.25) is 4.79 Å². The van der Waals surface area contributed by atoms with Crippen molar-refractivity contribution in [3.8, 4) is 0 Å². The average molecular weight is 458 g/mol. The second-order valence-corrected chi connectivity index (χ2v) is 10.5. The summed E-state index contributed by atoms with van der Waals surface area (Å²) < 4.78 is 0. The number of Topliss-reactive ketones (excluding diaryl/α,β-unsaturated/α-hetero) is 1. The first-order valence-electron chi connectivity index (χ1n) is 10.4. The fourth-order valence-electron chi connectivity index (χ4n) is 3.74. The number of rotatable bonds is 8. The molecule has 4 aromatic rings. The van der Waals surface area contributed by atoms with E-state index >= 15 is 0 Å². The van der Waals surface area contributed by atoms with Crippen molar-refractivity contribution in [2.45, 2.75) is 0 Å². The average Bonchev–Trinajstić information content (AvgIpc) is 2.86. The zero-order valence-electron chi connectivity index (χ0n) is 17.6. The number of carbonyl (C=O) groups excluding carboxylic acids is 1. The van der Waals surface area contributed by atoms with Gasteiger partial charge in [0.2, 0.25) is 0 Å². The third-order valence-electron chi connectivity index (χ3n) is 5.26. The van der Waals surface area contributed by atoms with E-state index in [1.165, 1.54) is 15.9 Å². The summed E-state index contributed by atoms with van der Waals surface area (Å²) in [6.07, 6.45) is 1.96. The highest BCUT2D eigenvalue weighted by molar-refractivity contribution is 7.98.